The molecule has 5 N–H and O–H groups in total. The number of hydrogen-bond acceptors (Lipinski definition) is 13. The predicted octanol–water partition coefficient (Wildman–Crippen LogP) is 7.43. The van der Waals surface area contributed by atoms with E-state index in [1.54, 1.807) is 90.0 Å². The molecule has 0 fully saturated rings. The number of carbonyl (C=O) groups is 8. The van der Waals surface area contributed by atoms with E-state index in [4.69, 9.17) is 23.7 Å². The third kappa shape index (κ3) is 22.6. The summed E-state index contributed by atoms with van der Waals surface area (Å²) in [5.41, 5.74) is 0.851. The minimum atomic E-state index is -1.46. The van der Waals surface area contributed by atoms with Crippen molar-refractivity contribution in [1.82, 2.24) is 26.6 Å². The number of amides is 5. The van der Waals surface area contributed by atoms with Crippen LogP contribution in [0.15, 0.2) is 48.5 Å². The molecule has 71 heavy (non-hydrogen) atoms. The van der Waals surface area contributed by atoms with Crippen molar-refractivity contribution in [2.45, 2.75) is 200 Å². The Hall–Kier alpha value is -6.20. The van der Waals surface area contributed by atoms with Gasteiger partial charge in [-0.2, -0.15) is 0 Å². The topological polar surface area (TPSA) is 243 Å². The summed E-state index contributed by atoms with van der Waals surface area (Å²) in [6, 6.07) is 11.1. The molecule has 0 saturated heterocycles. The van der Waals surface area contributed by atoms with Crippen LogP contribution in [0.3, 0.4) is 0 Å². The number of carbonyl (C=O) groups excluding carboxylic acids is 8. The van der Waals surface area contributed by atoms with Crippen molar-refractivity contribution in [3.63, 3.8) is 0 Å². The molecular formula is C53H79N5O13. The molecule has 4 atom stereocenters. The molecular weight excluding hydrogens is 915 g/mol. The highest BCUT2D eigenvalue weighted by Gasteiger charge is 2.34. The third-order valence-electron chi connectivity index (χ3n) is 10.5. The standard InChI is InChI=1S/C53H79N5O13/c1-33(25-29-43(60)68-50(2,3)4)55-42(59)28-26-40(46(63)57-41(47(64)70-52(8,9)10)27-30-44(61)69-51(5,6)7)56-45(62)39(24-18-19-31-54-48(65)71-53(11,12)13)58-49(66)67-32-38-36-22-16-14-20-34(36)35-21-15-17-23-37(35)38/h14-17,20-23,33,38-41H,18-19,24-32H2,1-13H3,(H,54,65)(H,55,59)(H,56,62)(H,57,63)(H,58,66). The molecule has 3 rings (SSSR count). The Morgan fingerprint density at radius 3 is 1.49 bits per heavy atom. The largest absolute Gasteiger partial charge is 0.460 e. The molecule has 0 aromatic heterocycles. The number of alkyl carbamates (subject to hydrolysis) is 2. The van der Waals surface area contributed by atoms with Crippen LogP contribution < -0.4 is 26.6 Å². The molecule has 0 radical (unpaired) electrons. The zero-order valence-electron chi connectivity index (χ0n) is 44.1. The first kappa shape index (κ1) is 59.1. The third-order valence-corrected chi connectivity index (χ3v) is 10.5. The molecule has 18 heteroatoms. The van der Waals surface area contributed by atoms with Crippen LogP contribution in [0.1, 0.15) is 165 Å². The molecule has 0 aliphatic heterocycles. The minimum absolute atomic E-state index is 0.0342. The summed E-state index contributed by atoms with van der Waals surface area (Å²) in [5.74, 6) is -4.32. The van der Waals surface area contributed by atoms with E-state index in [2.05, 4.69) is 26.6 Å². The van der Waals surface area contributed by atoms with Crippen molar-refractivity contribution in [3.8, 4) is 11.1 Å². The van der Waals surface area contributed by atoms with Gasteiger partial charge in [0.25, 0.3) is 0 Å². The van der Waals surface area contributed by atoms with Gasteiger partial charge < -0.3 is 50.3 Å². The lowest BCUT2D eigenvalue weighted by Gasteiger charge is -2.27. The quantitative estimate of drug-likeness (QED) is 0.0414. The first-order chi connectivity index (χ1) is 32.9. The summed E-state index contributed by atoms with van der Waals surface area (Å²) in [5, 5.41) is 13.5. The molecule has 1 aliphatic carbocycles. The molecule has 2 aromatic rings. The van der Waals surface area contributed by atoms with Crippen molar-refractivity contribution in [3.05, 3.63) is 59.7 Å². The van der Waals surface area contributed by atoms with Gasteiger partial charge in [0.05, 0.1) is 0 Å². The molecule has 1 aliphatic rings. The van der Waals surface area contributed by atoms with E-state index in [0.717, 1.165) is 22.3 Å². The Bertz CT molecular complexity index is 2120. The molecule has 0 spiro atoms. The van der Waals surface area contributed by atoms with Gasteiger partial charge in [-0.3, -0.25) is 24.0 Å². The fourth-order valence-corrected chi connectivity index (χ4v) is 7.54. The normalized spacial score (nSPS) is 14.2. The summed E-state index contributed by atoms with van der Waals surface area (Å²) in [4.78, 5) is 107. The maximum Gasteiger partial charge on any atom is 0.407 e. The summed E-state index contributed by atoms with van der Waals surface area (Å²) in [7, 11) is 0. The Morgan fingerprint density at radius 1 is 0.507 bits per heavy atom. The summed E-state index contributed by atoms with van der Waals surface area (Å²) >= 11 is 0. The van der Waals surface area contributed by atoms with Crippen LogP contribution in [0.25, 0.3) is 11.1 Å². The zero-order chi connectivity index (χ0) is 53.3. The number of fused-ring (bicyclic) bond motifs is 3. The van der Waals surface area contributed by atoms with E-state index < -0.39 is 94.4 Å². The Labute approximate surface area is 419 Å². The van der Waals surface area contributed by atoms with Crippen LogP contribution >= 0.6 is 0 Å². The number of benzene rings is 2. The molecule has 5 amide bonds. The minimum Gasteiger partial charge on any atom is -0.460 e. The molecule has 4 unspecified atom stereocenters. The lowest BCUT2D eigenvalue weighted by Crippen LogP contribution is -2.56. The number of nitrogens with one attached hydrogen (secondary N) is 5. The second-order valence-corrected chi connectivity index (χ2v) is 21.9. The monoisotopic (exact) mass is 994 g/mol. The van der Waals surface area contributed by atoms with Crippen molar-refractivity contribution in [2.75, 3.05) is 13.2 Å². The highest BCUT2D eigenvalue weighted by molar-refractivity contribution is 5.93. The van der Waals surface area contributed by atoms with Gasteiger partial charge in [0, 0.05) is 37.8 Å². The van der Waals surface area contributed by atoms with E-state index >= 15 is 0 Å². The van der Waals surface area contributed by atoms with E-state index in [1.165, 1.54) is 0 Å². The molecule has 2 aromatic carbocycles. The Morgan fingerprint density at radius 2 is 0.972 bits per heavy atom. The lowest BCUT2D eigenvalue weighted by atomic mass is 9.98. The number of ether oxygens (including phenoxy) is 5. The van der Waals surface area contributed by atoms with E-state index in [1.807, 2.05) is 48.5 Å². The van der Waals surface area contributed by atoms with Gasteiger partial charge in [-0.05, 0) is 151 Å². The number of hydrogen-bond donors (Lipinski definition) is 5. The zero-order valence-corrected chi connectivity index (χ0v) is 44.1. The second-order valence-electron chi connectivity index (χ2n) is 21.9. The van der Waals surface area contributed by atoms with Crippen LogP contribution in [-0.4, -0.2) is 108 Å². The number of rotatable bonds is 23. The van der Waals surface area contributed by atoms with E-state index in [0.29, 0.717) is 12.8 Å². The first-order valence-corrected chi connectivity index (χ1v) is 24.5. The maximum atomic E-state index is 14.4. The average molecular weight is 994 g/mol. The van der Waals surface area contributed by atoms with Gasteiger partial charge in [0.1, 0.15) is 47.1 Å². The SMILES string of the molecule is CC(CCC(=O)OC(C)(C)C)NC(=O)CCC(NC(=O)C(CCCCNC(=O)OC(C)(C)C)NC(=O)OCC1c2ccccc2-c2ccccc21)C(=O)NC(CCC(=O)OC(C)(C)C)C(=O)OC(C)(C)C. The van der Waals surface area contributed by atoms with E-state index in [9.17, 15) is 38.4 Å². The summed E-state index contributed by atoms with van der Waals surface area (Å²) < 4.78 is 27.5. The predicted molar refractivity (Wildman–Crippen MR) is 267 cm³/mol. The molecule has 0 heterocycles. The van der Waals surface area contributed by atoms with Gasteiger partial charge in [0.15, 0.2) is 0 Å². The van der Waals surface area contributed by atoms with Crippen molar-refractivity contribution < 1.29 is 62.0 Å². The van der Waals surface area contributed by atoms with Crippen molar-refractivity contribution in [2.24, 2.45) is 0 Å². The van der Waals surface area contributed by atoms with Gasteiger partial charge >= 0.3 is 30.1 Å². The highest BCUT2D eigenvalue weighted by Crippen LogP contribution is 2.44. The van der Waals surface area contributed by atoms with Crippen LogP contribution in [0.2, 0.25) is 0 Å². The fourth-order valence-electron chi connectivity index (χ4n) is 7.54. The highest BCUT2D eigenvalue weighted by atomic mass is 16.6. The van der Waals surface area contributed by atoms with E-state index in [-0.39, 0.29) is 64.0 Å². The average Bonchev–Trinajstić information content (AvgIpc) is 3.55. The van der Waals surface area contributed by atoms with Crippen LogP contribution in [0, 0.1) is 0 Å². The van der Waals surface area contributed by atoms with Gasteiger partial charge in [-0.25, -0.2) is 14.4 Å². The molecule has 0 saturated carbocycles. The van der Waals surface area contributed by atoms with Gasteiger partial charge in [-0.1, -0.05) is 48.5 Å². The Balaban J connectivity index is 1.88. The van der Waals surface area contributed by atoms with Gasteiger partial charge in [0.2, 0.25) is 17.7 Å². The summed E-state index contributed by atoms with van der Waals surface area (Å²) in [6.45, 7) is 22.4. The smallest absolute Gasteiger partial charge is 0.407 e. The van der Waals surface area contributed by atoms with Crippen molar-refractivity contribution >= 4 is 47.8 Å². The molecule has 394 valence electrons. The number of esters is 3. The van der Waals surface area contributed by atoms with Crippen LogP contribution in [0.4, 0.5) is 9.59 Å². The van der Waals surface area contributed by atoms with Gasteiger partial charge in [-0.15, -0.1) is 0 Å². The molecule has 18 nitrogen and oxygen atoms in total. The number of unbranched alkanes of at least 4 members (excludes halogenated alkanes) is 1. The second kappa shape index (κ2) is 26.3. The van der Waals surface area contributed by atoms with Crippen LogP contribution in [-0.2, 0) is 52.5 Å². The lowest BCUT2D eigenvalue weighted by molar-refractivity contribution is -0.160. The Kier molecular flexibility index (Phi) is 21.9. The van der Waals surface area contributed by atoms with Crippen molar-refractivity contribution in [1.29, 1.82) is 0 Å². The molecule has 0 bridgehead atoms. The first-order valence-electron chi connectivity index (χ1n) is 24.5. The summed E-state index contributed by atoms with van der Waals surface area (Å²) in [6.07, 6.45) is -1.51. The maximum absolute atomic E-state index is 14.4. The fraction of sp³-hybridized carbons (Fsp3) is 0.623. The van der Waals surface area contributed by atoms with Crippen LogP contribution in [0.5, 0.6) is 0 Å².